The summed E-state index contributed by atoms with van der Waals surface area (Å²) >= 11 is 0. The number of hydrogen-bond donors (Lipinski definition) is 1. The lowest BCUT2D eigenvalue weighted by atomic mass is 9.55. The van der Waals surface area contributed by atoms with Gasteiger partial charge in [-0.25, -0.2) is 0 Å². The highest BCUT2D eigenvalue weighted by molar-refractivity contribution is 5.44. The van der Waals surface area contributed by atoms with Crippen molar-refractivity contribution in [2.24, 2.45) is 5.92 Å². The minimum Gasteiger partial charge on any atom is -0.508 e. The van der Waals surface area contributed by atoms with E-state index in [1.54, 1.807) is 0 Å². The molecule has 138 valence electrons. The predicted molar refractivity (Wildman–Crippen MR) is 108 cm³/mol. The zero-order valence-corrected chi connectivity index (χ0v) is 16.1. The van der Waals surface area contributed by atoms with Gasteiger partial charge in [0.2, 0.25) is 0 Å². The van der Waals surface area contributed by atoms with Gasteiger partial charge in [0.15, 0.2) is 0 Å². The topological polar surface area (TPSA) is 23.5 Å². The highest BCUT2D eigenvalue weighted by Gasteiger charge is 2.51. The maximum Gasteiger partial charge on any atom is 0.115 e. The largest absolute Gasteiger partial charge is 0.508 e. The number of likely N-dealkylation sites (tertiary alicyclic amines) is 1. The van der Waals surface area contributed by atoms with Gasteiger partial charge in [0.1, 0.15) is 5.75 Å². The molecule has 1 unspecified atom stereocenters. The van der Waals surface area contributed by atoms with Gasteiger partial charge < -0.3 is 5.11 Å². The van der Waals surface area contributed by atoms with E-state index in [-0.39, 0.29) is 5.41 Å². The fourth-order valence-corrected chi connectivity index (χ4v) is 5.84. The van der Waals surface area contributed by atoms with E-state index < -0.39 is 0 Å². The summed E-state index contributed by atoms with van der Waals surface area (Å²) in [6, 6.07) is 17.6. The maximum absolute atomic E-state index is 10.1. The maximum atomic E-state index is 10.1. The number of piperidine rings is 1. The van der Waals surface area contributed by atoms with Crippen LogP contribution in [-0.2, 0) is 18.3 Å². The molecule has 3 atom stereocenters. The van der Waals surface area contributed by atoms with Crippen LogP contribution in [0.15, 0.2) is 48.5 Å². The Hall–Kier alpha value is -1.80. The van der Waals surface area contributed by atoms with Gasteiger partial charge in [0, 0.05) is 18.0 Å². The van der Waals surface area contributed by atoms with Crippen molar-refractivity contribution >= 4 is 0 Å². The molecule has 2 aliphatic rings. The van der Waals surface area contributed by atoms with Crippen molar-refractivity contribution in [3.63, 3.8) is 0 Å². The summed E-state index contributed by atoms with van der Waals surface area (Å²) in [5.41, 5.74) is 4.58. The second-order valence-electron chi connectivity index (χ2n) is 8.16. The number of fused-ring (bicyclic) bond motifs is 4. The minimum atomic E-state index is 0.245. The van der Waals surface area contributed by atoms with Gasteiger partial charge in [-0.15, -0.1) is 0 Å². The average molecular weight is 350 g/mol. The molecule has 2 aromatic carbocycles. The lowest BCUT2D eigenvalue weighted by Gasteiger charge is -2.57. The normalized spacial score (nSPS) is 27.9. The van der Waals surface area contributed by atoms with Crippen molar-refractivity contribution in [2.45, 2.75) is 57.4 Å². The zero-order chi connectivity index (χ0) is 18.1. The van der Waals surface area contributed by atoms with E-state index in [2.05, 4.69) is 61.2 Å². The van der Waals surface area contributed by atoms with Crippen molar-refractivity contribution in [1.29, 1.82) is 0 Å². The third kappa shape index (κ3) is 2.85. The van der Waals surface area contributed by atoms with Crippen molar-refractivity contribution in [3.8, 4) is 5.75 Å². The van der Waals surface area contributed by atoms with Crippen LogP contribution in [0.2, 0.25) is 0 Å². The molecule has 26 heavy (non-hydrogen) atoms. The van der Waals surface area contributed by atoms with Crippen LogP contribution in [0.25, 0.3) is 0 Å². The van der Waals surface area contributed by atoms with Gasteiger partial charge in [0.25, 0.3) is 0 Å². The molecule has 0 radical (unpaired) electrons. The van der Waals surface area contributed by atoms with E-state index in [9.17, 15) is 5.11 Å². The Morgan fingerprint density at radius 3 is 2.65 bits per heavy atom. The molecule has 1 fully saturated rings. The van der Waals surface area contributed by atoms with E-state index in [1.807, 2.05) is 6.07 Å². The van der Waals surface area contributed by atoms with Crippen LogP contribution in [0.1, 0.15) is 49.8 Å². The molecule has 2 nitrogen and oxygen atoms in total. The van der Waals surface area contributed by atoms with Crippen molar-refractivity contribution < 1.29 is 5.11 Å². The van der Waals surface area contributed by atoms with Crippen LogP contribution in [-0.4, -0.2) is 29.1 Å². The van der Waals surface area contributed by atoms with Crippen molar-refractivity contribution in [2.75, 3.05) is 13.1 Å². The Kier molecular flexibility index (Phi) is 4.79. The number of phenols is 1. The summed E-state index contributed by atoms with van der Waals surface area (Å²) in [6.07, 6.45) is 5.87. The Bertz CT molecular complexity index is 756. The van der Waals surface area contributed by atoms with Gasteiger partial charge in [-0.3, -0.25) is 4.90 Å². The minimum absolute atomic E-state index is 0.245. The number of rotatable bonds is 5. The summed E-state index contributed by atoms with van der Waals surface area (Å²) in [5, 5.41) is 10.1. The lowest BCUT2D eigenvalue weighted by Crippen LogP contribution is -2.59. The third-order valence-corrected chi connectivity index (χ3v) is 7.15. The van der Waals surface area contributed by atoms with E-state index in [0.29, 0.717) is 17.7 Å². The number of benzene rings is 2. The van der Waals surface area contributed by atoms with Gasteiger partial charge in [-0.2, -0.15) is 0 Å². The van der Waals surface area contributed by atoms with E-state index in [1.165, 1.54) is 42.5 Å². The summed E-state index contributed by atoms with van der Waals surface area (Å²) in [6.45, 7) is 7.03. The number of hydrogen-bond acceptors (Lipinski definition) is 2. The summed E-state index contributed by atoms with van der Waals surface area (Å²) in [4.78, 5) is 2.75. The monoisotopic (exact) mass is 349 g/mol. The van der Waals surface area contributed by atoms with Crippen molar-refractivity contribution in [1.82, 2.24) is 4.90 Å². The molecule has 2 bridgehead atoms. The molecule has 2 aromatic rings. The lowest BCUT2D eigenvalue weighted by molar-refractivity contribution is 0.00994. The Morgan fingerprint density at radius 2 is 1.92 bits per heavy atom. The van der Waals surface area contributed by atoms with Crippen LogP contribution in [0.4, 0.5) is 0 Å². The Morgan fingerprint density at radius 1 is 1.12 bits per heavy atom. The summed E-state index contributed by atoms with van der Waals surface area (Å²) < 4.78 is 0. The first kappa shape index (κ1) is 17.6. The number of nitrogens with zero attached hydrogens (tertiary/aromatic N) is 1. The number of phenolic OH excluding ortho intramolecular Hbond substituents is 1. The molecular formula is C24H31NO. The van der Waals surface area contributed by atoms with Gasteiger partial charge in [0.05, 0.1) is 0 Å². The van der Waals surface area contributed by atoms with Gasteiger partial charge in [-0.1, -0.05) is 56.7 Å². The number of aromatic hydroxyl groups is 1. The van der Waals surface area contributed by atoms with Crippen LogP contribution >= 0.6 is 0 Å². The Balaban J connectivity index is 1.63. The zero-order valence-electron chi connectivity index (χ0n) is 16.1. The fourth-order valence-electron chi connectivity index (χ4n) is 5.84. The quantitative estimate of drug-likeness (QED) is 0.826. The van der Waals surface area contributed by atoms with Gasteiger partial charge in [-0.05, 0) is 67.0 Å². The average Bonchev–Trinajstić information content (AvgIpc) is 2.68. The van der Waals surface area contributed by atoms with E-state index in [0.717, 1.165) is 19.4 Å². The first-order chi connectivity index (χ1) is 12.7. The van der Waals surface area contributed by atoms with Gasteiger partial charge >= 0.3 is 0 Å². The molecule has 1 aliphatic carbocycles. The smallest absolute Gasteiger partial charge is 0.115 e. The SMILES string of the molecule is CC[C@H]1C2Cc3ccc(O)cc3[C@@]1(CC)CCN2CCc1ccccc1. The molecule has 0 amide bonds. The molecule has 4 rings (SSSR count). The molecule has 0 spiro atoms. The standard InChI is InChI=1S/C24H31NO/c1-3-21-23-16-19-10-11-20(26)17-22(19)24(21,4-2)13-15-25(23)14-12-18-8-6-5-7-9-18/h5-11,17,21,23,26H,3-4,12-16H2,1-2H3/t21-,23?,24-/m0/s1. The molecular weight excluding hydrogens is 318 g/mol. The summed E-state index contributed by atoms with van der Waals surface area (Å²) in [7, 11) is 0. The fraction of sp³-hybridized carbons (Fsp3) is 0.500. The van der Waals surface area contributed by atoms with E-state index >= 15 is 0 Å². The van der Waals surface area contributed by atoms with Crippen LogP contribution in [0, 0.1) is 5.92 Å². The summed E-state index contributed by atoms with van der Waals surface area (Å²) in [5.74, 6) is 1.11. The highest BCUT2D eigenvalue weighted by Crippen LogP contribution is 2.52. The third-order valence-electron chi connectivity index (χ3n) is 7.15. The molecule has 1 N–H and O–H groups in total. The molecule has 1 saturated heterocycles. The molecule has 2 heteroatoms. The van der Waals surface area contributed by atoms with Crippen LogP contribution in [0.3, 0.4) is 0 Å². The first-order valence-electron chi connectivity index (χ1n) is 10.3. The van der Waals surface area contributed by atoms with Crippen molar-refractivity contribution in [3.05, 3.63) is 65.2 Å². The Labute approximate surface area is 157 Å². The molecule has 0 saturated carbocycles. The van der Waals surface area contributed by atoms with Crippen LogP contribution < -0.4 is 0 Å². The van der Waals surface area contributed by atoms with E-state index in [4.69, 9.17) is 0 Å². The predicted octanol–water partition coefficient (Wildman–Crippen LogP) is 4.94. The first-order valence-corrected chi connectivity index (χ1v) is 10.3. The molecule has 0 aromatic heterocycles. The molecule has 1 aliphatic heterocycles. The highest BCUT2D eigenvalue weighted by atomic mass is 16.3. The molecule has 1 heterocycles. The second-order valence-corrected chi connectivity index (χ2v) is 8.16. The van der Waals surface area contributed by atoms with Crippen LogP contribution in [0.5, 0.6) is 5.75 Å². The second kappa shape index (κ2) is 7.08.